The van der Waals surface area contributed by atoms with Crippen LogP contribution in [-0.2, 0) is 13.7 Å². The van der Waals surface area contributed by atoms with E-state index in [4.69, 9.17) is 14.8 Å². The fraction of sp³-hybridized carbons (Fsp3) is 0.222. The quantitative estimate of drug-likeness (QED) is 0.650. The lowest BCUT2D eigenvalue weighted by Gasteiger charge is -2.07. The topological polar surface area (TPSA) is 93.3 Å². The third-order valence-corrected chi connectivity index (χ3v) is 2.16. The van der Waals surface area contributed by atoms with Crippen LogP contribution in [0.25, 0.3) is 0 Å². The highest BCUT2D eigenvalue weighted by molar-refractivity contribution is 6.58. The van der Waals surface area contributed by atoms with Gasteiger partial charge in [0.2, 0.25) is 5.82 Å². The normalized spacial score (nSPS) is 10.4. The SMILES string of the molecule is Cn1nnc(COc2cc(B(O)O)ccc2F)n1. The third kappa shape index (κ3) is 2.82. The Morgan fingerprint density at radius 2 is 2.22 bits per heavy atom. The van der Waals surface area contributed by atoms with E-state index in [1.807, 2.05) is 0 Å². The van der Waals surface area contributed by atoms with Gasteiger partial charge in [-0.3, -0.25) is 0 Å². The van der Waals surface area contributed by atoms with Gasteiger partial charge in [0, 0.05) is 0 Å². The second-order valence-corrected chi connectivity index (χ2v) is 3.55. The Morgan fingerprint density at radius 1 is 1.44 bits per heavy atom. The van der Waals surface area contributed by atoms with Crippen LogP contribution in [0.15, 0.2) is 18.2 Å². The standard InChI is InChI=1S/C9H10BFN4O3/c1-15-13-9(12-14-15)5-18-8-4-6(10(16)17)2-3-7(8)11/h2-4,16-17H,5H2,1H3. The summed E-state index contributed by atoms with van der Waals surface area (Å²) in [6.45, 7) is -0.0598. The molecule has 1 aromatic carbocycles. The first-order valence-corrected chi connectivity index (χ1v) is 5.07. The molecule has 0 atom stereocenters. The van der Waals surface area contributed by atoms with Crippen molar-refractivity contribution < 1.29 is 19.2 Å². The summed E-state index contributed by atoms with van der Waals surface area (Å²) in [5.74, 6) is -0.414. The number of rotatable bonds is 4. The third-order valence-electron chi connectivity index (χ3n) is 2.16. The predicted molar refractivity (Wildman–Crippen MR) is 59.4 cm³/mol. The summed E-state index contributed by atoms with van der Waals surface area (Å²) >= 11 is 0. The Kier molecular flexibility index (Phi) is 3.54. The van der Waals surface area contributed by atoms with Crippen LogP contribution in [0.4, 0.5) is 4.39 Å². The number of hydrogen-bond donors (Lipinski definition) is 2. The number of halogens is 1. The molecule has 0 aliphatic carbocycles. The minimum atomic E-state index is -1.68. The van der Waals surface area contributed by atoms with Crippen LogP contribution in [0.5, 0.6) is 5.75 Å². The largest absolute Gasteiger partial charge is 0.488 e. The van der Waals surface area contributed by atoms with E-state index in [0.29, 0.717) is 5.82 Å². The highest BCUT2D eigenvalue weighted by Crippen LogP contribution is 2.15. The van der Waals surface area contributed by atoms with E-state index in [2.05, 4.69) is 15.4 Å². The van der Waals surface area contributed by atoms with E-state index in [0.717, 1.165) is 6.07 Å². The van der Waals surface area contributed by atoms with Crippen molar-refractivity contribution in [1.29, 1.82) is 0 Å². The van der Waals surface area contributed by atoms with Crippen LogP contribution in [0.1, 0.15) is 5.82 Å². The second-order valence-electron chi connectivity index (χ2n) is 3.55. The molecular weight excluding hydrogens is 242 g/mol. The van der Waals surface area contributed by atoms with Crippen LogP contribution in [0, 0.1) is 5.82 Å². The van der Waals surface area contributed by atoms with E-state index in [1.54, 1.807) is 7.05 Å². The van der Waals surface area contributed by atoms with Gasteiger partial charge in [0.15, 0.2) is 18.2 Å². The first kappa shape index (κ1) is 12.5. The van der Waals surface area contributed by atoms with Gasteiger partial charge in [0.05, 0.1) is 7.05 Å². The monoisotopic (exact) mass is 252 g/mol. The maximum atomic E-state index is 13.4. The lowest BCUT2D eigenvalue weighted by Crippen LogP contribution is -2.29. The Bertz CT molecular complexity index is 548. The highest BCUT2D eigenvalue weighted by atomic mass is 19.1. The molecule has 0 bridgehead atoms. The van der Waals surface area contributed by atoms with Crippen molar-refractivity contribution in [3.8, 4) is 5.75 Å². The molecule has 1 heterocycles. The van der Waals surface area contributed by atoms with E-state index in [1.165, 1.54) is 16.9 Å². The number of nitrogens with zero attached hydrogens (tertiary/aromatic N) is 4. The van der Waals surface area contributed by atoms with Crippen molar-refractivity contribution in [2.24, 2.45) is 7.05 Å². The molecule has 0 saturated heterocycles. The van der Waals surface area contributed by atoms with Crippen LogP contribution >= 0.6 is 0 Å². The number of aryl methyl sites for hydroxylation is 1. The highest BCUT2D eigenvalue weighted by Gasteiger charge is 2.14. The van der Waals surface area contributed by atoms with Crippen LogP contribution in [0.2, 0.25) is 0 Å². The number of hydrogen-bond acceptors (Lipinski definition) is 6. The molecule has 18 heavy (non-hydrogen) atoms. The van der Waals surface area contributed by atoms with Gasteiger partial charge in [-0.1, -0.05) is 6.07 Å². The van der Waals surface area contributed by atoms with Gasteiger partial charge >= 0.3 is 7.12 Å². The van der Waals surface area contributed by atoms with Crippen molar-refractivity contribution in [2.75, 3.05) is 0 Å². The molecule has 2 N–H and O–H groups in total. The first-order valence-electron chi connectivity index (χ1n) is 5.07. The van der Waals surface area contributed by atoms with Gasteiger partial charge in [-0.25, -0.2) is 4.39 Å². The smallest absolute Gasteiger partial charge is 0.482 e. The van der Waals surface area contributed by atoms with E-state index >= 15 is 0 Å². The second kappa shape index (κ2) is 5.11. The predicted octanol–water partition coefficient (Wildman–Crippen LogP) is -1.39. The Morgan fingerprint density at radius 3 is 2.83 bits per heavy atom. The zero-order valence-electron chi connectivity index (χ0n) is 9.49. The van der Waals surface area contributed by atoms with Gasteiger partial charge in [0.1, 0.15) is 0 Å². The molecule has 0 radical (unpaired) electrons. The summed E-state index contributed by atoms with van der Waals surface area (Å²) in [7, 11) is -0.0811. The van der Waals surface area contributed by atoms with E-state index in [-0.39, 0.29) is 17.8 Å². The molecule has 1 aromatic heterocycles. The van der Waals surface area contributed by atoms with E-state index < -0.39 is 12.9 Å². The molecular formula is C9H10BFN4O3. The Hall–Kier alpha value is -2.00. The summed E-state index contributed by atoms with van der Waals surface area (Å²) in [4.78, 5) is 1.25. The van der Waals surface area contributed by atoms with Gasteiger partial charge in [-0.15, -0.1) is 10.2 Å². The fourth-order valence-electron chi connectivity index (χ4n) is 1.31. The summed E-state index contributed by atoms with van der Waals surface area (Å²) in [6.07, 6.45) is 0. The summed E-state index contributed by atoms with van der Waals surface area (Å²) < 4.78 is 18.5. The lowest BCUT2D eigenvalue weighted by atomic mass is 9.80. The van der Waals surface area contributed by atoms with Crippen LogP contribution < -0.4 is 10.2 Å². The molecule has 2 rings (SSSR count). The van der Waals surface area contributed by atoms with Crippen molar-refractivity contribution >= 4 is 12.6 Å². The molecule has 0 aliphatic heterocycles. The number of ether oxygens (including phenoxy) is 1. The molecule has 0 unspecified atom stereocenters. The molecule has 0 fully saturated rings. The maximum absolute atomic E-state index is 13.4. The van der Waals surface area contributed by atoms with Crippen LogP contribution in [0.3, 0.4) is 0 Å². The minimum Gasteiger partial charge on any atom is -0.482 e. The van der Waals surface area contributed by atoms with Gasteiger partial charge in [-0.05, 0) is 22.8 Å². The average Bonchev–Trinajstić information content (AvgIpc) is 2.74. The lowest BCUT2D eigenvalue weighted by molar-refractivity contribution is 0.280. The molecule has 0 saturated carbocycles. The zero-order chi connectivity index (χ0) is 13.1. The molecule has 9 heteroatoms. The summed E-state index contributed by atoms with van der Waals surface area (Å²) in [5, 5.41) is 29.1. The molecule has 94 valence electrons. The fourth-order valence-corrected chi connectivity index (χ4v) is 1.31. The average molecular weight is 252 g/mol. The zero-order valence-corrected chi connectivity index (χ0v) is 9.49. The Labute approximate surface area is 102 Å². The van der Waals surface area contributed by atoms with Crippen molar-refractivity contribution in [2.45, 2.75) is 6.61 Å². The van der Waals surface area contributed by atoms with Gasteiger partial charge < -0.3 is 14.8 Å². The maximum Gasteiger partial charge on any atom is 0.488 e. The van der Waals surface area contributed by atoms with Crippen molar-refractivity contribution in [3.05, 3.63) is 29.8 Å². The summed E-state index contributed by atoms with van der Waals surface area (Å²) in [5.41, 5.74) is 0.138. The van der Waals surface area contributed by atoms with Gasteiger partial charge in [-0.2, -0.15) is 4.80 Å². The van der Waals surface area contributed by atoms with Crippen molar-refractivity contribution in [1.82, 2.24) is 20.2 Å². The number of tetrazole rings is 1. The molecule has 0 spiro atoms. The first-order chi connectivity index (χ1) is 8.56. The summed E-state index contributed by atoms with van der Waals surface area (Å²) in [6, 6.07) is 3.55. The molecule has 0 aliphatic rings. The number of benzene rings is 1. The molecule has 0 amide bonds. The van der Waals surface area contributed by atoms with E-state index in [9.17, 15) is 4.39 Å². The van der Waals surface area contributed by atoms with Gasteiger partial charge in [0.25, 0.3) is 0 Å². The Balaban J connectivity index is 2.10. The molecule has 7 nitrogen and oxygen atoms in total. The molecule has 2 aromatic rings. The number of aromatic nitrogens is 4. The minimum absolute atomic E-state index is 0.0598. The van der Waals surface area contributed by atoms with Crippen molar-refractivity contribution in [3.63, 3.8) is 0 Å². The van der Waals surface area contributed by atoms with Crippen LogP contribution in [-0.4, -0.2) is 37.4 Å².